The molecule has 1 atom stereocenters. The first-order chi connectivity index (χ1) is 6.68. The lowest BCUT2D eigenvalue weighted by Gasteiger charge is -2.28. The van der Waals surface area contributed by atoms with Crippen molar-refractivity contribution in [2.75, 3.05) is 0 Å². The summed E-state index contributed by atoms with van der Waals surface area (Å²) in [5.41, 5.74) is 0.199. The van der Waals surface area contributed by atoms with E-state index in [0.717, 1.165) is 24.8 Å². The van der Waals surface area contributed by atoms with Gasteiger partial charge in [-0.2, -0.15) is 0 Å². The number of hydrogen-bond donors (Lipinski definition) is 1. The van der Waals surface area contributed by atoms with E-state index >= 15 is 0 Å². The molecule has 1 aromatic rings. The molecule has 1 fully saturated rings. The van der Waals surface area contributed by atoms with Crippen molar-refractivity contribution in [1.29, 1.82) is 0 Å². The van der Waals surface area contributed by atoms with Crippen LogP contribution >= 0.6 is 11.6 Å². The van der Waals surface area contributed by atoms with Crippen molar-refractivity contribution in [2.24, 2.45) is 5.92 Å². The first kappa shape index (κ1) is 10.0. The SMILES string of the molecule is CCC(O)(c1ccccc1Cl)C1CC1. The van der Waals surface area contributed by atoms with Crippen molar-refractivity contribution in [1.82, 2.24) is 0 Å². The van der Waals surface area contributed by atoms with E-state index in [1.165, 1.54) is 0 Å². The highest BCUT2D eigenvalue weighted by molar-refractivity contribution is 6.31. The van der Waals surface area contributed by atoms with Crippen LogP contribution in [0.2, 0.25) is 5.02 Å². The van der Waals surface area contributed by atoms with Crippen LogP contribution in [0.5, 0.6) is 0 Å². The summed E-state index contributed by atoms with van der Waals surface area (Å²) >= 11 is 6.10. The number of halogens is 1. The van der Waals surface area contributed by atoms with E-state index in [2.05, 4.69) is 0 Å². The maximum absolute atomic E-state index is 10.5. The minimum absolute atomic E-state index is 0.410. The summed E-state index contributed by atoms with van der Waals surface area (Å²) < 4.78 is 0. The number of aliphatic hydroxyl groups is 1. The van der Waals surface area contributed by atoms with Crippen LogP contribution in [-0.2, 0) is 5.60 Å². The van der Waals surface area contributed by atoms with Crippen LogP contribution in [-0.4, -0.2) is 5.11 Å². The Morgan fingerprint density at radius 3 is 2.57 bits per heavy atom. The fraction of sp³-hybridized carbons (Fsp3) is 0.500. The van der Waals surface area contributed by atoms with Crippen molar-refractivity contribution in [3.63, 3.8) is 0 Å². The summed E-state index contributed by atoms with van der Waals surface area (Å²) in [4.78, 5) is 0. The topological polar surface area (TPSA) is 20.2 Å². The average Bonchev–Trinajstić information content (AvgIpc) is 3.01. The third-order valence-electron chi connectivity index (χ3n) is 3.13. The predicted molar refractivity (Wildman–Crippen MR) is 58.4 cm³/mol. The van der Waals surface area contributed by atoms with Gasteiger partial charge in [0.05, 0.1) is 5.60 Å². The quantitative estimate of drug-likeness (QED) is 0.812. The minimum atomic E-state index is -0.696. The fourth-order valence-electron chi connectivity index (χ4n) is 2.07. The van der Waals surface area contributed by atoms with Crippen molar-refractivity contribution < 1.29 is 5.11 Å². The molecule has 2 rings (SSSR count). The van der Waals surface area contributed by atoms with Gasteiger partial charge in [-0.3, -0.25) is 0 Å². The molecular formula is C12H15ClO. The largest absolute Gasteiger partial charge is 0.385 e. The maximum atomic E-state index is 10.5. The van der Waals surface area contributed by atoms with Gasteiger partial charge in [0.2, 0.25) is 0 Å². The monoisotopic (exact) mass is 210 g/mol. The van der Waals surface area contributed by atoms with Crippen molar-refractivity contribution in [3.8, 4) is 0 Å². The molecule has 0 radical (unpaired) electrons. The molecule has 1 aliphatic carbocycles. The summed E-state index contributed by atoms with van der Waals surface area (Å²) in [6.07, 6.45) is 2.98. The van der Waals surface area contributed by atoms with Crippen LogP contribution in [0.3, 0.4) is 0 Å². The molecule has 0 heterocycles. The van der Waals surface area contributed by atoms with Gasteiger partial charge in [0.15, 0.2) is 0 Å². The Morgan fingerprint density at radius 2 is 2.07 bits per heavy atom. The zero-order valence-electron chi connectivity index (χ0n) is 8.33. The van der Waals surface area contributed by atoms with Gasteiger partial charge in [-0.25, -0.2) is 0 Å². The molecule has 1 N–H and O–H groups in total. The first-order valence-electron chi connectivity index (χ1n) is 5.16. The molecule has 0 saturated heterocycles. The van der Waals surface area contributed by atoms with Crippen molar-refractivity contribution in [2.45, 2.75) is 31.8 Å². The van der Waals surface area contributed by atoms with Crippen molar-refractivity contribution >= 4 is 11.6 Å². The summed E-state index contributed by atoms with van der Waals surface area (Å²) in [5.74, 6) is 0.410. The minimum Gasteiger partial charge on any atom is -0.385 e. The van der Waals surface area contributed by atoms with Crippen LogP contribution in [0.1, 0.15) is 31.7 Å². The lowest BCUT2D eigenvalue weighted by molar-refractivity contribution is 0.00901. The zero-order chi connectivity index (χ0) is 10.2. The molecular weight excluding hydrogens is 196 g/mol. The molecule has 0 amide bonds. The van der Waals surface area contributed by atoms with Crippen LogP contribution in [0.15, 0.2) is 24.3 Å². The van der Waals surface area contributed by atoms with Crippen LogP contribution in [0, 0.1) is 5.92 Å². The first-order valence-corrected chi connectivity index (χ1v) is 5.53. The highest BCUT2D eigenvalue weighted by atomic mass is 35.5. The second-order valence-electron chi connectivity index (χ2n) is 4.03. The number of benzene rings is 1. The van der Waals surface area contributed by atoms with E-state index in [9.17, 15) is 5.11 Å². The fourth-order valence-corrected chi connectivity index (χ4v) is 2.37. The summed E-state index contributed by atoms with van der Waals surface area (Å²) in [5, 5.41) is 11.2. The summed E-state index contributed by atoms with van der Waals surface area (Å²) in [6.45, 7) is 2.02. The lowest BCUT2D eigenvalue weighted by Crippen LogP contribution is -2.27. The Morgan fingerprint density at radius 1 is 1.43 bits per heavy atom. The Kier molecular flexibility index (Phi) is 2.54. The Bertz CT molecular complexity index is 333. The van der Waals surface area contributed by atoms with Gasteiger partial charge in [0.1, 0.15) is 0 Å². The van der Waals surface area contributed by atoms with Crippen molar-refractivity contribution in [3.05, 3.63) is 34.9 Å². The average molecular weight is 211 g/mol. The smallest absolute Gasteiger partial charge is 0.0936 e. The van der Waals surface area contributed by atoms with Gasteiger partial charge < -0.3 is 5.11 Å². The normalized spacial score (nSPS) is 20.5. The molecule has 1 nitrogen and oxygen atoms in total. The zero-order valence-corrected chi connectivity index (χ0v) is 9.09. The maximum Gasteiger partial charge on any atom is 0.0936 e. The van der Waals surface area contributed by atoms with E-state index in [4.69, 9.17) is 11.6 Å². The Balaban J connectivity index is 2.40. The molecule has 0 aliphatic heterocycles. The lowest BCUT2D eigenvalue weighted by atomic mass is 9.86. The highest BCUT2D eigenvalue weighted by Crippen LogP contribution is 2.49. The molecule has 1 aliphatic rings. The molecule has 2 heteroatoms. The summed E-state index contributed by atoms with van der Waals surface area (Å²) in [7, 11) is 0. The number of hydrogen-bond acceptors (Lipinski definition) is 1. The van der Waals surface area contributed by atoms with Gasteiger partial charge in [-0.15, -0.1) is 0 Å². The van der Waals surface area contributed by atoms with Crippen LogP contribution < -0.4 is 0 Å². The highest BCUT2D eigenvalue weighted by Gasteiger charge is 2.44. The second kappa shape index (κ2) is 3.56. The Labute approximate surface area is 89.7 Å². The van der Waals surface area contributed by atoms with E-state index in [0.29, 0.717) is 10.9 Å². The number of rotatable bonds is 3. The third-order valence-corrected chi connectivity index (χ3v) is 3.46. The molecule has 1 saturated carbocycles. The molecule has 1 unspecified atom stereocenters. The predicted octanol–water partition coefficient (Wildman–Crippen LogP) is 3.35. The van der Waals surface area contributed by atoms with E-state index < -0.39 is 5.60 Å². The summed E-state index contributed by atoms with van der Waals surface area (Å²) in [6, 6.07) is 7.61. The standard InChI is InChI=1S/C12H15ClO/c1-2-12(14,9-7-8-9)10-5-3-4-6-11(10)13/h3-6,9,14H,2,7-8H2,1H3. The molecule has 0 aromatic heterocycles. The van der Waals surface area contributed by atoms with Gasteiger partial charge in [0, 0.05) is 10.6 Å². The van der Waals surface area contributed by atoms with Crippen LogP contribution in [0.4, 0.5) is 0 Å². The van der Waals surface area contributed by atoms with Gasteiger partial charge >= 0.3 is 0 Å². The van der Waals surface area contributed by atoms with E-state index in [-0.39, 0.29) is 0 Å². The molecule has 76 valence electrons. The van der Waals surface area contributed by atoms with Gasteiger partial charge in [-0.1, -0.05) is 36.7 Å². The molecule has 14 heavy (non-hydrogen) atoms. The van der Waals surface area contributed by atoms with E-state index in [1.54, 1.807) is 0 Å². The van der Waals surface area contributed by atoms with Gasteiger partial charge in [-0.05, 0) is 31.2 Å². The second-order valence-corrected chi connectivity index (χ2v) is 4.44. The molecule has 1 aromatic carbocycles. The van der Waals surface area contributed by atoms with Gasteiger partial charge in [0.25, 0.3) is 0 Å². The Hall–Kier alpha value is -0.530. The molecule has 0 spiro atoms. The third kappa shape index (κ3) is 1.55. The van der Waals surface area contributed by atoms with E-state index in [1.807, 2.05) is 31.2 Å². The van der Waals surface area contributed by atoms with Crippen LogP contribution in [0.25, 0.3) is 0 Å². The molecule has 0 bridgehead atoms.